The molecule has 1 aliphatic rings. The summed E-state index contributed by atoms with van der Waals surface area (Å²) in [5.41, 5.74) is -0.0472. The molecule has 8 heteroatoms. The van der Waals surface area contributed by atoms with E-state index < -0.39 is 34.2 Å². The Morgan fingerprint density at radius 1 is 1.00 bits per heavy atom. The highest BCUT2D eigenvalue weighted by Gasteiger charge is 2.27. The van der Waals surface area contributed by atoms with Gasteiger partial charge in [-0.3, -0.25) is 4.79 Å². The van der Waals surface area contributed by atoms with Gasteiger partial charge in [-0.2, -0.15) is 4.31 Å². The van der Waals surface area contributed by atoms with Crippen LogP contribution in [0.4, 0.5) is 4.39 Å². The van der Waals surface area contributed by atoms with E-state index >= 15 is 0 Å². The summed E-state index contributed by atoms with van der Waals surface area (Å²) in [5, 5.41) is 0. The van der Waals surface area contributed by atoms with Crippen LogP contribution in [0.3, 0.4) is 0 Å². The van der Waals surface area contributed by atoms with Crippen LogP contribution in [0.1, 0.15) is 33.6 Å². The standard InChI is InChI=1S/C19H18FNO5S/c20-17-6-2-1-5-16(17)19(23)26-13-18(22)14-7-9-15(10-8-14)27(24,25)21-11-3-4-12-21/h1-2,5-10H,3-4,11-13H2. The second kappa shape index (κ2) is 7.98. The number of rotatable bonds is 6. The minimum Gasteiger partial charge on any atom is -0.454 e. The molecule has 0 spiro atoms. The number of benzene rings is 2. The van der Waals surface area contributed by atoms with Crippen LogP contribution in [0.5, 0.6) is 0 Å². The lowest BCUT2D eigenvalue weighted by molar-refractivity contribution is 0.0470. The van der Waals surface area contributed by atoms with E-state index in [9.17, 15) is 22.4 Å². The highest BCUT2D eigenvalue weighted by atomic mass is 32.2. The molecule has 0 unspecified atom stereocenters. The van der Waals surface area contributed by atoms with Crippen LogP contribution in [0.2, 0.25) is 0 Å². The smallest absolute Gasteiger partial charge is 0.341 e. The molecule has 0 atom stereocenters. The molecule has 142 valence electrons. The zero-order valence-electron chi connectivity index (χ0n) is 14.4. The Morgan fingerprint density at radius 3 is 2.26 bits per heavy atom. The van der Waals surface area contributed by atoms with Gasteiger partial charge < -0.3 is 4.74 Å². The minimum atomic E-state index is -3.55. The van der Waals surface area contributed by atoms with E-state index in [1.165, 1.54) is 46.8 Å². The fourth-order valence-electron chi connectivity index (χ4n) is 2.81. The molecule has 0 aliphatic carbocycles. The van der Waals surface area contributed by atoms with Crippen LogP contribution in [-0.2, 0) is 14.8 Å². The van der Waals surface area contributed by atoms with Gasteiger partial charge in [0.05, 0.1) is 10.5 Å². The number of hydrogen-bond donors (Lipinski definition) is 0. The molecule has 0 saturated carbocycles. The van der Waals surface area contributed by atoms with Crippen molar-refractivity contribution in [2.24, 2.45) is 0 Å². The van der Waals surface area contributed by atoms with Crippen LogP contribution in [0.15, 0.2) is 53.4 Å². The first-order chi connectivity index (χ1) is 12.9. The number of ketones is 1. The van der Waals surface area contributed by atoms with Crippen molar-refractivity contribution in [2.75, 3.05) is 19.7 Å². The zero-order valence-corrected chi connectivity index (χ0v) is 15.2. The van der Waals surface area contributed by atoms with Gasteiger partial charge in [-0.15, -0.1) is 0 Å². The van der Waals surface area contributed by atoms with Gasteiger partial charge in [-0.1, -0.05) is 12.1 Å². The van der Waals surface area contributed by atoms with Gasteiger partial charge in [0.15, 0.2) is 12.4 Å². The number of Topliss-reactive ketones (excluding diaryl/α,β-unsaturated/α-hetero) is 1. The SMILES string of the molecule is O=C(COC(=O)c1ccccc1F)c1ccc(S(=O)(=O)N2CCCC2)cc1. The molecule has 0 amide bonds. The Hall–Kier alpha value is -2.58. The molecule has 2 aromatic carbocycles. The predicted octanol–water partition coefficient (Wildman–Crippen LogP) is 2.65. The van der Waals surface area contributed by atoms with Crippen LogP contribution < -0.4 is 0 Å². The van der Waals surface area contributed by atoms with Crippen LogP contribution in [0.25, 0.3) is 0 Å². The molecule has 0 N–H and O–H groups in total. The largest absolute Gasteiger partial charge is 0.454 e. The molecule has 1 aliphatic heterocycles. The van der Waals surface area contributed by atoms with E-state index in [0.29, 0.717) is 13.1 Å². The van der Waals surface area contributed by atoms with E-state index in [1.54, 1.807) is 0 Å². The molecular weight excluding hydrogens is 373 g/mol. The molecule has 0 aromatic heterocycles. The summed E-state index contributed by atoms with van der Waals surface area (Å²) in [4.78, 5) is 24.1. The lowest BCUT2D eigenvalue weighted by Gasteiger charge is -2.15. The van der Waals surface area contributed by atoms with Gasteiger partial charge in [0.2, 0.25) is 10.0 Å². The maximum Gasteiger partial charge on any atom is 0.341 e. The maximum atomic E-state index is 13.5. The van der Waals surface area contributed by atoms with Crippen LogP contribution >= 0.6 is 0 Å². The molecule has 0 radical (unpaired) electrons. The third kappa shape index (κ3) is 4.23. The Balaban J connectivity index is 1.64. The Bertz CT molecular complexity index is 950. The van der Waals surface area contributed by atoms with Gasteiger partial charge in [0, 0.05) is 18.7 Å². The Kier molecular flexibility index (Phi) is 5.67. The van der Waals surface area contributed by atoms with E-state index in [1.807, 2.05) is 0 Å². The summed E-state index contributed by atoms with van der Waals surface area (Å²) in [6.45, 7) is 0.426. The van der Waals surface area contributed by atoms with Crippen molar-refractivity contribution in [2.45, 2.75) is 17.7 Å². The molecule has 6 nitrogen and oxygen atoms in total. The topological polar surface area (TPSA) is 80.8 Å². The molecule has 1 saturated heterocycles. The van der Waals surface area contributed by atoms with Gasteiger partial charge in [-0.05, 0) is 49.2 Å². The summed E-state index contributed by atoms with van der Waals surface area (Å²) in [7, 11) is -3.55. The van der Waals surface area contributed by atoms with E-state index in [0.717, 1.165) is 18.9 Å². The number of halogens is 1. The molecule has 27 heavy (non-hydrogen) atoms. The number of sulfonamides is 1. The normalized spacial score (nSPS) is 14.9. The summed E-state index contributed by atoms with van der Waals surface area (Å²) in [6, 6.07) is 10.8. The summed E-state index contributed by atoms with van der Waals surface area (Å²) in [6.07, 6.45) is 1.67. The molecule has 1 fully saturated rings. The van der Waals surface area contributed by atoms with E-state index in [2.05, 4.69) is 0 Å². The number of nitrogens with zero attached hydrogens (tertiary/aromatic N) is 1. The van der Waals surface area contributed by atoms with Gasteiger partial charge in [-0.25, -0.2) is 17.6 Å². The van der Waals surface area contributed by atoms with Gasteiger partial charge >= 0.3 is 5.97 Å². The van der Waals surface area contributed by atoms with Crippen molar-refractivity contribution in [1.29, 1.82) is 0 Å². The first-order valence-electron chi connectivity index (χ1n) is 8.44. The van der Waals surface area contributed by atoms with E-state index in [-0.39, 0.29) is 16.0 Å². The summed E-state index contributed by atoms with van der Waals surface area (Å²) >= 11 is 0. The number of esters is 1. The second-order valence-corrected chi connectivity index (χ2v) is 8.05. The second-order valence-electron chi connectivity index (χ2n) is 6.11. The fraction of sp³-hybridized carbons (Fsp3) is 0.263. The molecular formula is C19H18FNO5S. The maximum absolute atomic E-state index is 13.5. The van der Waals surface area contributed by atoms with Crippen molar-refractivity contribution in [3.63, 3.8) is 0 Å². The highest BCUT2D eigenvalue weighted by molar-refractivity contribution is 7.89. The van der Waals surface area contributed by atoms with Crippen molar-refractivity contribution < 1.29 is 27.1 Å². The average molecular weight is 391 g/mol. The van der Waals surface area contributed by atoms with Crippen LogP contribution in [-0.4, -0.2) is 44.2 Å². The summed E-state index contributed by atoms with van der Waals surface area (Å²) in [5.74, 6) is -2.18. The first-order valence-corrected chi connectivity index (χ1v) is 9.88. The third-order valence-electron chi connectivity index (χ3n) is 4.31. The molecule has 0 bridgehead atoms. The van der Waals surface area contributed by atoms with Crippen molar-refractivity contribution in [3.8, 4) is 0 Å². The molecule has 2 aromatic rings. The average Bonchev–Trinajstić information content (AvgIpc) is 3.22. The Morgan fingerprint density at radius 2 is 1.63 bits per heavy atom. The highest BCUT2D eigenvalue weighted by Crippen LogP contribution is 2.21. The molecule has 3 rings (SSSR count). The van der Waals surface area contributed by atoms with Crippen molar-refractivity contribution in [1.82, 2.24) is 4.31 Å². The van der Waals surface area contributed by atoms with E-state index in [4.69, 9.17) is 4.74 Å². The van der Waals surface area contributed by atoms with Crippen molar-refractivity contribution in [3.05, 3.63) is 65.5 Å². The minimum absolute atomic E-state index is 0.115. The number of hydrogen-bond acceptors (Lipinski definition) is 5. The van der Waals surface area contributed by atoms with Crippen molar-refractivity contribution >= 4 is 21.8 Å². The summed E-state index contributed by atoms with van der Waals surface area (Å²) < 4.78 is 44.7. The van der Waals surface area contributed by atoms with Gasteiger partial charge in [0.1, 0.15) is 5.82 Å². The first kappa shape index (κ1) is 19.2. The Labute approximate surface area is 156 Å². The van der Waals surface area contributed by atoms with Gasteiger partial charge in [0.25, 0.3) is 0 Å². The predicted molar refractivity (Wildman–Crippen MR) is 95.4 cm³/mol. The zero-order chi connectivity index (χ0) is 19.4. The fourth-order valence-corrected chi connectivity index (χ4v) is 4.33. The quantitative estimate of drug-likeness (QED) is 0.559. The van der Waals surface area contributed by atoms with Crippen LogP contribution in [0, 0.1) is 5.82 Å². The third-order valence-corrected chi connectivity index (χ3v) is 6.22. The monoisotopic (exact) mass is 391 g/mol. The lowest BCUT2D eigenvalue weighted by atomic mass is 10.1. The number of carbonyl (C=O) groups is 2. The molecule has 1 heterocycles. The number of ether oxygens (including phenoxy) is 1. The lowest BCUT2D eigenvalue weighted by Crippen LogP contribution is -2.27. The number of carbonyl (C=O) groups excluding carboxylic acids is 2.